The van der Waals surface area contributed by atoms with Crippen LogP contribution in [0.2, 0.25) is 0 Å². The normalized spacial score (nSPS) is 19.9. The first-order chi connectivity index (χ1) is 6.00. The zero-order valence-electron chi connectivity index (χ0n) is 7.74. The van der Waals surface area contributed by atoms with Crippen LogP contribution in [0.5, 0.6) is 0 Å². The second-order valence-corrected chi connectivity index (χ2v) is 5.93. The summed E-state index contributed by atoms with van der Waals surface area (Å²) in [6.07, 6.45) is 2.44. The number of rotatable bonds is 4. The van der Waals surface area contributed by atoms with E-state index >= 15 is 0 Å². The average molecular weight is 227 g/mol. The Labute approximate surface area is 84.0 Å². The zero-order chi connectivity index (χ0) is 9.90. The van der Waals surface area contributed by atoms with Crippen molar-refractivity contribution in [2.45, 2.75) is 12.8 Å². The van der Waals surface area contributed by atoms with Gasteiger partial charge in [0.25, 0.3) is 9.24 Å². The highest BCUT2D eigenvalue weighted by Crippen LogP contribution is 2.08. The Balaban J connectivity index is 2.25. The third-order valence-electron chi connectivity index (χ3n) is 2.30. The molecule has 0 unspecified atom stereocenters. The minimum absolute atomic E-state index is 0.478. The van der Waals surface area contributed by atoms with Gasteiger partial charge in [0.05, 0.1) is 0 Å². The highest BCUT2D eigenvalue weighted by Gasteiger charge is 2.16. The van der Waals surface area contributed by atoms with Crippen molar-refractivity contribution in [3.63, 3.8) is 0 Å². The van der Waals surface area contributed by atoms with Gasteiger partial charge in [0.2, 0.25) is 0 Å². The molecule has 1 aliphatic heterocycles. The van der Waals surface area contributed by atoms with Crippen molar-refractivity contribution >= 4 is 19.9 Å². The van der Waals surface area contributed by atoms with Crippen LogP contribution in [0.1, 0.15) is 12.8 Å². The number of hydrogen-bond acceptors (Lipinski definition) is 3. The van der Waals surface area contributed by atoms with E-state index in [2.05, 4.69) is 4.90 Å². The smallest absolute Gasteiger partial charge is 0.299 e. The van der Waals surface area contributed by atoms with Gasteiger partial charge >= 0.3 is 0 Å². The van der Waals surface area contributed by atoms with E-state index in [1.165, 1.54) is 24.2 Å². The molecule has 1 rings (SSSR count). The molecule has 0 atom stereocenters. The van der Waals surface area contributed by atoms with Gasteiger partial charge < -0.3 is 4.90 Å². The van der Waals surface area contributed by atoms with E-state index < -0.39 is 9.24 Å². The predicted octanol–water partition coefficient (Wildman–Crippen LogP) is 0.498. The molecule has 6 heteroatoms. The Kier molecular flexibility index (Phi) is 3.97. The maximum absolute atomic E-state index is 10.8. The first-order valence-electron chi connectivity index (χ1n) is 4.38. The van der Waals surface area contributed by atoms with Crippen molar-refractivity contribution in [2.75, 3.05) is 33.2 Å². The van der Waals surface area contributed by atoms with E-state index in [9.17, 15) is 8.42 Å². The Morgan fingerprint density at radius 3 is 2.38 bits per heavy atom. The Morgan fingerprint density at radius 2 is 1.92 bits per heavy atom. The predicted molar refractivity (Wildman–Crippen MR) is 53.1 cm³/mol. The van der Waals surface area contributed by atoms with Gasteiger partial charge in [-0.25, -0.2) is 0 Å². The van der Waals surface area contributed by atoms with E-state index in [1.54, 1.807) is 0 Å². The van der Waals surface area contributed by atoms with Crippen molar-refractivity contribution in [3.8, 4) is 0 Å². The standard InChI is InChI=1S/C7H15ClN2O2S/c1-9(13(8,11)12)6-7-10-4-2-3-5-10/h2-7H2,1H3. The summed E-state index contributed by atoms with van der Waals surface area (Å²) in [5.41, 5.74) is 0. The molecule has 0 N–H and O–H groups in total. The minimum Gasteiger partial charge on any atom is -0.302 e. The van der Waals surface area contributed by atoms with Crippen molar-refractivity contribution in [1.82, 2.24) is 9.21 Å². The molecular formula is C7H15ClN2O2S. The van der Waals surface area contributed by atoms with Crippen LogP contribution >= 0.6 is 10.7 Å². The molecule has 0 aromatic heterocycles. The van der Waals surface area contributed by atoms with Gasteiger partial charge in [-0.1, -0.05) is 0 Å². The van der Waals surface area contributed by atoms with Crippen LogP contribution in [0.4, 0.5) is 0 Å². The average Bonchev–Trinajstić information content (AvgIpc) is 2.50. The van der Waals surface area contributed by atoms with Crippen molar-refractivity contribution in [1.29, 1.82) is 0 Å². The molecule has 13 heavy (non-hydrogen) atoms. The van der Waals surface area contributed by atoms with E-state index in [4.69, 9.17) is 10.7 Å². The van der Waals surface area contributed by atoms with Gasteiger partial charge in [0.15, 0.2) is 0 Å². The molecule has 0 aliphatic carbocycles. The summed E-state index contributed by atoms with van der Waals surface area (Å²) in [7, 11) is 3.13. The number of likely N-dealkylation sites (tertiary alicyclic amines) is 1. The molecule has 0 amide bonds. The molecule has 0 aromatic carbocycles. The van der Waals surface area contributed by atoms with E-state index in [-0.39, 0.29) is 0 Å². The second-order valence-electron chi connectivity index (χ2n) is 3.31. The van der Waals surface area contributed by atoms with Crippen molar-refractivity contribution in [3.05, 3.63) is 0 Å². The monoisotopic (exact) mass is 226 g/mol. The summed E-state index contributed by atoms with van der Waals surface area (Å²) in [6, 6.07) is 0. The van der Waals surface area contributed by atoms with Crippen molar-refractivity contribution in [2.24, 2.45) is 0 Å². The zero-order valence-corrected chi connectivity index (χ0v) is 9.31. The number of halogens is 1. The maximum atomic E-state index is 10.8. The van der Waals surface area contributed by atoms with Crippen LogP contribution in [0.3, 0.4) is 0 Å². The molecule has 0 radical (unpaired) electrons. The van der Waals surface area contributed by atoms with Gasteiger partial charge in [0.1, 0.15) is 0 Å². The van der Waals surface area contributed by atoms with Crippen LogP contribution < -0.4 is 0 Å². The highest BCUT2D eigenvalue weighted by molar-refractivity contribution is 8.11. The molecule has 1 fully saturated rings. The molecular weight excluding hydrogens is 212 g/mol. The molecule has 78 valence electrons. The van der Waals surface area contributed by atoms with Crippen LogP contribution in [-0.4, -0.2) is 50.8 Å². The molecule has 0 spiro atoms. The van der Waals surface area contributed by atoms with Gasteiger partial charge in [-0.15, -0.1) is 0 Å². The van der Waals surface area contributed by atoms with Crippen LogP contribution in [0, 0.1) is 0 Å². The SMILES string of the molecule is CN(CCN1CCCC1)S(=O)(=O)Cl. The summed E-state index contributed by atoms with van der Waals surface area (Å²) in [4.78, 5) is 2.25. The summed E-state index contributed by atoms with van der Waals surface area (Å²) < 4.78 is 22.8. The number of likely N-dealkylation sites (N-methyl/N-ethyl adjacent to an activating group) is 1. The van der Waals surface area contributed by atoms with Crippen LogP contribution in [0.25, 0.3) is 0 Å². The molecule has 1 saturated heterocycles. The highest BCUT2D eigenvalue weighted by atomic mass is 35.7. The molecule has 0 bridgehead atoms. The molecule has 0 saturated carbocycles. The lowest BCUT2D eigenvalue weighted by Crippen LogP contribution is -2.33. The number of nitrogens with zero attached hydrogens (tertiary/aromatic N) is 2. The molecule has 4 nitrogen and oxygen atoms in total. The van der Waals surface area contributed by atoms with Gasteiger partial charge in [-0.2, -0.15) is 12.7 Å². The summed E-state index contributed by atoms with van der Waals surface area (Å²) in [5.74, 6) is 0. The quantitative estimate of drug-likeness (QED) is 0.656. The lowest BCUT2D eigenvalue weighted by molar-refractivity contribution is 0.311. The third kappa shape index (κ3) is 3.81. The third-order valence-corrected chi connectivity index (χ3v) is 3.94. The fourth-order valence-electron chi connectivity index (χ4n) is 1.40. The lowest BCUT2D eigenvalue weighted by Gasteiger charge is -2.18. The van der Waals surface area contributed by atoms with E-state index in [1.807, 2.05) is 0 Å². The summed E-state index contributed by atoms with van der Waals surface area (Å²) in [6.45, 7) is 3.42. The minimum atomic E-state index is -3.52. The lowest BCUT2D eigenvalue weighted by atomic mass is 10.4. The van der Waals surface area contributed by atoms with Gasteiger partial charge in [0, 0.05) is 30.8 Å². The van der Waals surface area contributed by atoms with E-state index in [0.717, 1.165) is 19.6 Å². The largest absolute Gasteiger partial charge is 0.302 e. The fraction of sp³-hybridized carbons (Fsp3) is 1.00. The molecule has 1 heterocycles. The van der Waals surface area contributed by atoms with Gasteiger partial charge in [-0.05, 0) is 25.9 Å². The maximum Gasteiger partial charge on any atom is 0.299 e. The molecule has 1 aliphatic rings. The van der Waals surface area contributed by atoms with Crippen molar-refractivity contribution < 1.29 is 8.42 Å². The Bertz CT molecular complexity index is 249. The Hall–Kier alpha value is 0.160. The number of hydrogen-bond donors (Lipinski definition) is 0. The van der Waals surface area contributed by atoms with Gasteiger partial charge in [-0.3, -0.25) is 0 Å². The summed E-state index contributed by atoms with van der Waals surface area (Å²) in [5, 5.41) is 0. The molecule has 0 aromatic rings. The van der Waals surface area contributed by atoms with Crippen LogP contribution in [-0.2, 0) is 9.24 Å². The summed E-state index contributed by atoms with van der Waals surface area (Å²) >= 11 is 0. The topological polar surface area (TPSA) is 40.6 Å². The van der Waals surface area contributed by atoms with E-state index in [0.29, 0.717) is 6.54 Å². The first kappa shape index (κ1) is 11.2. The Morgan fingerprint density at radius 1 is 1.38 bits per heavy atom. The second kappa shape index (κ2) is 4.59. The van der Waals surface area contributed by atoms with Crippen LogP contribution in [0.15, 0.2) is 0 Å². The first-order valence-corrected chi connectivity index (χ1v) is 6.65. The fourth-order valence-corrected chi connectivity index (χ4v) is 1.90.